The number of ether oxygens (including phenoxy) is 1. The smallest absolute Gasteiger partial charge is 0.257 e. The quantitative estimate of drug-likeness (QED) is 0.317. The van der Waals surface area contributed by atoms with Gasteiger partial charge in [0.2, 0.25) is 0 Å². The number of aliphatic hydroxyl groups excluding tert-OH is 1. The molecule has 0 radical (unpaired) electrons. The Morgan fingerprint density at radius 1 is 1.18 bits per heavy atom. The van der Waals surface area contributed by atoms with Crippen molar-refractivity contribution in [3.8, 4) is 5.75 Å². The van der Waals surface area contributed by atoms with Crippen molar-refractivity contribution >= 4 is 29.1 Å². The molecule has 2 aromatic rings. The zero-order chi connectivity index (χ0) is 28.8. The molecule has 0 bridgehead atoms. The second-order valence-electron chi connectivity index (χ2n) is 12.0. The van der Waals surface area contributed by atoms with Crippen LogP contribution >= 0.6 is 23.2 Å². The molecule has 40 heavy (non-hydrogen) atoms. The van der Waals surface area contributed by atoms with Gasteiger partial charge in [0, 0.05) is 34.0 Å². The summed E-state index contributed by atoms with van der Waals surface area (Å²) in [5.41, 5.74) is 1.69. The van der Waals surface area contributed by atoms with E-state index in [1.807, 2.05) is 12.1 Å². The highest BCUT2D eigenvalue weighted by atomic mass is 35.5. The molecule has 1 aliphatic carbocycles. The third-order valence-corrected chi connectivity index (χ3v) is 9.18. The van der Waals surface area contributed by atoms with Gasteiger partial charge in [0.1, 0.15) is 23.5 Å². The summed E-state index contributed by atoms with van der Waals surface area (Å²) in [6.45, 7) is 9.82. The summed E-state index contributed by atoms with van der Waals surface area (Å²) < 4.78 is 35.7. The van der Waals surface area contributed by atoms with E-state index in [0.29, 0.717) is 22.4 Å². The third kappa shape index (κ3) is 6.27. The van der Waals surface area contributed by atoms with Gasteiger partial charge in [-0.05, 0) is 87.0 Å². The maximum absolute atomic E-state index is 15.3. The van der Waals surface area contributed by atoms with E-state index >= 15 is 4.39 Å². The van der Waals surface area contributed by atoms with Gasteiger partial charge in [0.25, 0.3) is 5.91 Å². The van der Waals surface area contributed by atoms with Gasteiger partial charge in [-0.15, -0.1) is 0 Å². The molecular weight excluding hydrogens is 557 g/mol. The van der Waals surface area contributed by atoms with Gasteiger partial charge in [-0.3, -0.25) is 9.69 Å². The second-order valence-corrected chi connectivity index (χ2v) is 12.8. The van der Waals surface area contributed by atoms with Crippen LogP contribution in [0.1, 0.15) is 79.4 Å². The van der Waals surface area contributed by atoms with Crippen LogP contribution in [0.2, 0.25) is 10.0 Å². The van der Waals surface area contributed by atoms with Crippen LogP contribution in [-0.4, -0.2) is 59.3 Å². The number of benzene rings is 2. The SMILES string of the molecule is C=C(O)[C@@H]1C[C@@H](F)CN1C(=O)c1cc(C2CC2)c(OCC2(C)CCN([C@@H](C)c3cc(Cl)cc(Cl)c3)CC2)cc1F. The highest BCUT2D eigenvalue weighted by Crippen LogP contribution is 2.46. The largest absolute Gasteiger partial charge is 0.511 e. The lowest BCUT2D eigenvalue weighted by molar-refractivity contribution is 0.0509. The number of alkyl halides is 1. The molecule has 216 valence electrons. The lowest BCUT2D eigenvalue weighted by Crippen LogP contribution is -2.42. The molecule has 9 heteroatoms. The lowest BCUT2D eigenvalue weighted by Gasteiger charge is -2.42. The molecule has 1 N–H and O–H groups in total. The summed E-state index contributed by atoms with van der Waals surface area (Å²) >= 11 is 12.4. The fourth-order valence-corrected chi connectivity index (χ4v) is 6.47. The third-order valence-electron chi connectivity index (χ3n) is 8.74. The molecule has 5 rings (SSSR count). The Morgan fingerprint density at radius 3 is 2.42 bits per heavy atom. The number of piperidine rings is 1. The molecule has 3 aliphatic rings. The van der Waals surface area contributed by atoms with Crippen LogP contribution < -0.4 is 4.74 Å². The molecule has 3 fully saturated rings. The Balaban J connectivity index is 1.26. The first-order valence-electron chi connectivity index (χ1n) is 13.9. The number of hydrogen-bond donors (Lipinski definition) is 1. The topological polar surface area (TPSA) is 53.0 Å². The molecular formula is C31H36Cl2F2N2O3. The molecule has 0 aromatic heterocycles. The summed E-state index contributed by atoms with van der Waals surface area (Å²) in [4.78, 5) is 16.8. The van der Waals surface area contributed by atoms with Crippen LogP contribution in [0.25, 0.3) is 0 Å². The van der Waals surface area contributed by atoms with Crippen molar-refractivity contribution in [3.05, 3.63) is 75.2 Å². The number of halogens is 4. The van der Waals surface area contributed by atoms with E-state index in [1.54, 1.807) is 12.1 Å². The van der Waals surface area contributed by atoms with E-state index in [9.17, 15) is 14.3 Å². The van der Waals surface area contributed by atoms with Crippen LogP contribution in [-0.2, 0) is 0 Å². The number of carbonyl (C=O) groups is 1. The zero-order valence-corrected chi connectivity index (χ0v) is 24.4. The van der Waals surface area contributed by atoms with Crippen molar-refractivity contribution < 1.29 is 23.4 Å². The fourth-order valence-electron chi connectivity index (χ4n) is 5.93. The molecule has 2 aliphatic heterocycles. The second kappa shape index (κ2) is 11.5. The van der Waals surface area contributed by atoms with Crippen LogP contribution in [0, 0.1) is 11.2 Å². The van der Waals surface area contributed by atoms with Crippen molar-refractivity contribution in [1.82, 2.24) is 9.80 Å². The Morgan fingerprint density at radius 2 is 1.82 bits per heavy atom. The molecule has 3 atom stereocenters. The molecule has 1 saturated carbocycles. The molecule has 0 unspecified atom stereocenters. The normalized spacial score (nSPS) is 23.7. The number of hydrogen-bond acceptors (Lipinski definition) is 4. The zero-order valence-electron chi connectivity index (χ0n) is 22.9. The highest BCUT2D eigenvalue weighted by molar-refractivity contribution is 6.34. The summed E-state index contributed by atoms with van der Waals surface area (Å²) in [6, 6.07) is 7.83. The minimum Gasteiger partial charge on any atom is -0.511 e. The van der Waals surface area contributed by atoms with E-state index < -0.39 is 23.9 Å². The van der Waals surface area contributed by atoms with Gasteiger partial charge in [-0.25, -0.2) is 8.78 Å². The lowest BCUT2D eigenvalue weighted by atomic mass is 9.80. The summed E-state index contributed by atoms with van der Waals surface area (Å²) in [5, 5.41) is 11.1. The van der Waals surface area contributed by atoms with Gasteiger partial charge in [-0.1, -0.05) is 36.7 Å². The number of likely N-dealkylation sites (tertiary alicyclic amines) is 2. The molecule has 0 spiro atoms. The maximum Gasteiger partial charge on any atom is 0.257 e. The Hall–Kier alpha value is -2.35. The van der Waals surface area contributed by atoms with Gasteiger partial charge < -0.3 is 14.7 Å². The fraction of sp³-hybridized carbons (Fsp3) is 0.516. The van der Waals surface area contributed by atoms with Crippen molar-refractivity contribution in [1.29, 1.82) is 0 Å². The highest BCUT2D eigenvalue weighted by Gasteiger charge is 2.40. The van der Waals surface area contributed by atoms with Crippen molar-refractivity contribution in [2.45, 2.75) is 70.1 Å². The minimum absolute atomic E-state index is 0.0407. The average Bonchev–Trinajstić information content (AvgIpc) is 3.66. The van der Waals surface area contributed by atoms with Crippen LogP contribution in [0.4, 0.5) is 8.78 Å². The van der Waals surface area contributed by atoms with E-state index in [4.69, 9.17) is 27.9 Å². The van der Waals surface area contributed by atoms with E-state index in [-0.39, 0.29) is 41.7 Å². The first kappa shape index (κ1) is 29.2. The van der Waals surface area contributed by atoms with Gasteiger partial charge >= 0.3 is 0 Å². The first-order chi connectivity index (χ1) is 18.9. The summed E-state index contributed by atoms with van der Waals surface area (Å²) in [5.74, 6) is -0.960. The van der Waals surface area contributed by atoms with Crippen molar-refractivity contribution in [2.24, 2.45) is 5.41 Å². The van der Waals surface area contributed by atoms with Crippen LogP contribution in [0.5, 0.6) is 5.75 Å². The van der Waals surface area contributed by atoms with Crippen LogP contribution in [0.3, 0.4) is 0 Å². The first-order valence-corrected chi connectivity index (χ1v) is 14.7. The van der Waals surface area contributed by atoms with E-state index in [1.165, 1.54) is 11.0 Å². The number of carbonyl (C=O) groups excluding carboxylic acids is 1. The van der Waals surface area contributed by atoms with Crippen molar-refractivity contribution in [2.75, 3.05) is 26.2 Å². The molecule has 1 amide bonds. The van der Waals surface area contributed by atoms with E-state index in [0.717, 1.165) is 49.9 Å². The predicted molar refractivity (Wildman–Crippen MR) is 154 cm³/mol. The number of rotatable bonds is 8. The summed E-state index contributed by atoms with van der Waals surface area (Å²) in [7, 11) is 0. The molecule has 5 nitrogen and oxygen atoms in total. The number of aliphatic hydroxyl groups is 1. The predicted octanol–water partition coefficient (Wildman–Crippen LogP) is 7.88. The maximum atomic E-state index is 15.3. The molecule has 2 heterocycles. The Bertz CT molecular complexity index is 1270. The standard InChI is InChI=1S/C31H36Cl2F2N2O3/c1-18(21-10-22(32)12-23(33)11-21)36-8-6-31(3,7-9-36)17-40-29-15-27(35)26(14-25(29)20-4-5-20)30(39)37-16-24(34)13-28(37)19(2)38/h10-12,14-15,18,20,24,28,38H,2,4-9,13,16-17H2,1,3H3/t18-,24+,28-/m0/s1. The molecule has 2 saturated heterocycles. The van der Waals surface area contributed by atoms with E-state index in [2.05, 4.69) is 25.3 Å². The number of nitrogens with zero attached hydrogens (tertiary/aromatic N) is 2. The molecule has 2 aromatic carbocycles. The minimum atomic E-state index is -1.29. The van der Waals surface area contributed by atoms with Crippen LogP contribution in [0.15, 0.2) is 42.7 Å². The monoisotopic (exact) mass is 592 g/mol. The Labute approximate surface area is 244 Å². The van der Waals surface area contributed by atoms with Gasteiger partial charge in [0.15, 0.2) is 0 Å². The van der Waals surface area contributed by atoms with Gasteiger partial charge in [0.05, 0.1) is 24.8 Å². The number of amides is 1. The van der Waals surface area contributed by atoms with Gasteiger partial charge in [-0.2, -0.15) is 0 Å². The summed E-state index contributed by atoms with van der Waals surface area (Å²) in [6.07, 6.45) is 2.38. The Kier molecular flexibility index (Phi) is 8.38. The van der Waals surface area contributed by atoms with Crippen molar-refractivity contribution in [3.63, 3.8) is 0 Å². The average molecular weight is 594 g/mol.